The van der Waals surface area contributed by atoms with E-state index in [0.717, 1.165) is 17.7 Å². The maximum Gasteiger partial charge on any atom is 0.258 e. The standard InChI is InChI=1S/C19H18N2O3/c1-12(22)15-5-8-18-16(11-15)9-10-21(18)19(24)14-3-6-17(7-4-14)20-13(2)23/h3-8,11H,9-10H2,1-2H3,(H,20,23). The number of anilines is 2. The molecule has 0 bridgehead atoms. The first-order valence-electron chi connectivity index (χ1n) is 7.79. The molecule has 24 heavy (non-hydrogen) atoms. The summed E-state index contributed by atoms with van der Waals surface area (Å²) in [5.74, 6) is -0.210. The van der Waals surface area contributed by atoms with Gasteiger partial charge in [0.2, 0.25) is 5.91 Å². The largest absolute Gasteiger partial charge is 0.326 e. The fourth-order valence-corrected chi connectivity index (χ4v) is 2.89. The lowest BCUT2D eigenvalue weighted by Crippen LogP contribution is -2.28. The topological polar surface area (TPSA) is 66.5 Å². The number of Topliss-reactive ketones (excluding diaryl/α,β-unsaturated/α-hetero) is 1. The van der Waals surface area contributed by atoms with Crippen LogP contribution in [0.3, 0.4) is 0 Å². The van der Waals surface area contributed by atoms with E-state index in [1.807, 2.05) is 12.1 Å². The molecule has 0 aliphatic carbocycles. The van der Waals surface area contributed by atoms with E-state index in [0.29, 0.717) is 23.4 Å². The third kappa shape index (κ3) is 3.06. The van der Waals surface area contributed by atoms with E-state index in [-0.39, 0.29) is 17.6 Å². The lowest BCUT2D eigenvalue weighted by atomic mass is 10.1. The van der Waals surface area contributed by atoms with Crippen molar-refractivity contribution in [3.8, 4) is 0 Å². The Hall–Kier alpha value is -2.95. The smallest absolute Gasteiger partial charge is 0.258 e. The molecule has 0 spiro atoms. The summed E-state index contributed by atoms with van der Waals surface area (Å²) < 4.78 is 0. The molecule has 0 aromatic heterocycles. The van der Waals surface area contributed by atoms with Crippen molar-refractivity contribution in [2.45, 2.75) is 20.3 Å². The van der Waals surface area contributed by atoms with Crippen LogP contribution in [0.5, 0.6) is 0 Å². The Kier molecular flexibility index (Phi) is 4.16. The van der Waals surface area contributed by atoms with Crippen LogP contribution in [-0.2, 0) is 11.2 Å². The number of benzene rings is 2. The molecule has 122 valence electrons. The third-order valence-corrected chi connectivity index (χ3v) is 4.08. The molecule has 0 fully saturated rings. The molecule has 3 rings (SSSR count). The summed E-state index contributed by atoms with van der Waals surface area (Å²) in [5, 5.41) is 2.68. The lowest BCUT2D eigenvalue weighted by Gasteiger charge is -2.18. The van der Waals surface area contributed by atoms with Gasteiger partial charge in [-0.15, -0.1) is 0 Å². The van der Waals surface area contributed by atoms with Crippen LogP contribution in [0, 0.1) is 0 Å². The van der Waals surface area contributed by atoms with E-state index in [9.17, 15) is 14.4 Å². The molecule has 2 aromatic carbocycles. The van der Waals surface area contributed by atoms with Crippen LogP contribution >= 0.6 is 0 Å². The Balaban J connectivity index is 1.82. The molecule has 1 N–H and O–H groups in total. The van der Waals surface area contributed by atoms with Gasteiger partial charge >= 0.3 is 0 Å². The van der Waals surface area contributed by atoms with Crippen LogP contribution in [0.4, 0.5) is 11.4 Å². The van der Waals surface area contributed by atoms with Crippen LogP contribution in [-0.4, -0.2) is 24.1 Å². The predicted octanol–water partition coefficient (Wildman–Crippen LogP) is 3.05. The van der Waals surface area contributed by atoms with Gasteiger partial charge in [-0.3, -0.25) is 14.4 Å². The Labute approximate surface area is 140 Å². The molecule has 0 unspecified atom stereocenters. The summed E-state index contributed by atoms with van der Waals surface area (Å²) >= 11 is 0. The number of carbonyl (C=O) groups excluding carboxylic acids is 3. The number of rotatable bonds is 3. The zero-order chi connectivity index (χ0) is 17.3. The van der Waals surface area contributed by atoms with Crippen LogP contribution in [0.2, 0.25) is 0 Å². The molecule has 1 aliphatic rings. The molecule has 5 heteroatoms. The minimum atomic E-state index is -0.149. The molecule has 0 atom stereocenters. The fourth-order valence-electron chi connectivity index (χ4n) is 2.89. The van der Waals surface area contributed by atoms with E-state index in [4.69, 9.17) is 0 Å². The SMILES string of the molecule is CC(=O)Nc1ccc(C(=O)N2CCc3cc(C(C)=O)ccc32)cc1. The van der Waals surface area contributed by atoms with Gasteiger partial charge in [-0.05, 0) is 61.4 Å². The molecule has 0 saturated carbocycles. The average Bonchev–Trinajstić information content (AvgIpc) is 2.97. The number of amides is 2. The number of nitrogens with one attached hydrogen (secondary N) is 1. The van der Waals surface area contributed by atoms with E-state index in [1.165, 1.54) is 13.8 Å². The summed E-state index contributed by atoms with van der Waals surface area (Å²) in [5.41, 5.74) is 3.77. The van der Waals surface area contributed by atoms with E-state index in [2.05, 4.69) is 5.32 Å². The van der Waals surface area contributed by atoms with Gasteiger partial charge in [-0.2, -0.15) is 0 Å². The highest BCUT2D eigenvalue weighted by molar-refractivity contribution is 6.08. The van der Waals surface area contributed by atoms with Crippen LogP contribution < -0.4 is 10.2 Å². The van der Waals surface area contributed by atoms with Gasteiger partial charge in [-0.25, -0.2) is 0 Å². The molecule has 5 nitrogen and oxygen atoms in total. The maximum atomic E-state index is 12.7. The number of carbonyl (C=O) groups is 3. The second kappa shape index (κ2) is 6.28. The van der Waals surface area contributed by atoms with E-state index in [1.54, 1.807) is 35.2 Å². The molecule has 2 aromatic rings. The number of hydrogen-bond acceptors (Lipinski definition) is 3. The van der Waals surface area contributed by atoms with Gasteiger partial charge in [0.15, 0.2) is 5.78 Å². The van der Waals surface area contributed by atoms with Crippen molar-refractivity contribution in [1.29, 1.82) is 0 Å². The molecule has 1 aliphatic heterocycles. The quantitative estimate of drug-likeness (QED) is 0.883. The zero-order valence-electron chi connectivity index (χ0n) is 13.6. The van der Waals surface area contributed by atoms with Crippen molar-refractivity contribution in [2.75, 3.05) is 16.8 Å². The number of fused-ring (bicyclic) bond motifs is 1. The Morgan fingerprint density at radius 2 is 1.62 bits per heavy atom. The van der Waals surface area contributed by atoms with Crippen molar-refractivity contribution < 1.29 is 14.4 Å². The van der Waals surface area contributed by atoms with Crippen molar-refractivity contribution >= 4 is 29.0 Å². The first-order valence-corrected chi connectivity index (χ1v) is 7.79. The van der Waals surface area contributed by atoms with Gasteiger partial charge in [0.05, 0.1) is 0 Å². The second-order valence-electron chi connectivity index (χ2n) is 5.87. The normalized spacial score (nSPS) is 12.7. The van der Waals surface area contributed by atoms with Gasteiger partial charge in [0.25, 0.3) is 5.91 Å². The molecule has 2 amide bonds. The molecular formula is C19H18N2O3. The van der Waals surface area contributed by atoms with Crippen molar-refractivity contribution in [2.24, 2.45) is 0 Å². The van der Waals surface area contributed by atoms with Gasteiger partial charge in [-0.1, -0.05) is 0 Å². The van der Waals surface area contributed by atoms with Gasteiger partial charge < -0.3 is 10.2 Å². The van der Waals surface area contributed by atoms with E-state index >= 15 is 0 Å². The summed E-state index contributed by atoms with van der Waals surface area (Å²) in [6.45, 7) is 3.58. The van der Waals surface area contributed by atoms with Crippen molar-refractivity contribution in [1.82, 2.24) is 0 Å². The Bertz CT molecular complexity index is 825. The minimum absolute atomic E-state index is 0.0242. The van der Waals surface area contributed by atoms with Gasteiger partial charge in [0.1, 0.15) is 0 Å². The summed E-state index contributed by atoms with van der Waals surface area (Å²) in [4.78, 5) is 37.0. The van der Waals surface area contributed by atoms with Crippen LogP contribution in [0.15, 0.2) is 42.5 Å². The Morgan fingerprint density at radius 3 is 2.25 bits per heavy atom. The number of hydrogen-bond donors (Lipinski definition) is 1. The predicted molar refractivity (Wildman–Crippen MR) is 92.6 cm³/mol. The molecule has 1 heterocycles. The summed E-state index contributed by atoms with van der Waals surface area (Å²) in [6.07, 6.45) is 0.742. The fraction of sp³-hybridized carbons (Fsp3) is 0.211. The maximum absolute atomic E-state index is 12.7. The first-order chi connectivity index (χ1) is 11.5. The van der Waals surface area contributed by atoms with Crippen LogP contribution in [0.1, 0.15) is 40.1 Å². The van der Waals surface area contributed by atoms with Crippen molar-refractivity contribution in [3.05, 3.63) is 59.2 Å². The third-order valence-electron chi connectivity index (χ3n) is 4.08. The van der Waals surface area contributed by atoms with Crippen molar-refractivity contribution in [3.63, 3.8) is 0 Å². The molecule has 0 radical (unpaired) electrons. The monoisotopic (exact) mass is 322 g/mol. The molecule has 0 saturated heterocycles. The highest BCUT2D eigenvalue weighted by Gasteiger charge is 2.26. The highest BCUT2D eigenvalue weighted by atomic mass is 16.2. The van der Waals surface area contributed by atoms with Gasteiger partial charge in [0, 0.05) is 36.0 Å². The number of ketones is 1. The zero-order valence-corrected chi connectivity index (χ0v) is 13.6. The average molecular weight is 322 g/mol. The summed E-state index contributed by atoms with van der Waals surface area (Å²) in [6, 6.07) is 12.3. The molecular weight excluding hydrogens is 304 g/mol. The minimum Gasteiger partial charge on any atom is -0.326 e. The summed E-state index contributed by atoms with van der Waals surface area (Å²) in [7, 11) is 0. The van der Waals surface area contributed by atoms with E-state index < -0.39 is 0 Å². The first kappa shape index (κ1) is 15.9. The second-order valence-corrected chi connectivity index (χ2v) is 5.87. The van der Waals surface area contributed by atoms with Crippen LogP contribution in [0.25, 0.3) is 0 Å². The number of nitrogens with zero attached hydrogens (tertiary/aromatic N) is 1. The Morgan fingerprint density at radius 1 is 0.958 bits per heavy atom. The lowest BCUT2D eigenvalue weighted by molar-refractivity contribution is -0.114. The highest BCUT2D eigenvalue weighted by Crippen LogP contribution is 2.30.